The Labute approximate surface area is 180 Å². The molecule has 30 heavy (non-hydrogen) atoms. The van der Waals surface area contributed by atoms with E-state index in [-0.39, 0.29) is 0 Å². The maximum atomic E-state index is 5.68. The van der Waals surface area contributed by atoms with Crippen LogP contribution >= 0.6 is 11.8 Å². The van der Waals surface area contributed by atoms with Gasteiger partial charge in [0, 0.05) is 30.6 Å². The number of hydrogen-bond donors (Lipinski definition) is 1. The van der Waals surface area contributed by atoms with Crippen molar-refractivity contribution in [2.45, 2.75) is 36.2 Å². The van der Waals surface area contributed by atoms with Gasteiger partial charge in [0.2, 0.25) is 0 Å². The van der Waals surface area contributed by atoms with Gasteiger partial charge in [0.05, 0.1) is 36.8 Å². The molecule has 0 aliphatic carbocycles. The Hall–Kier alpha value is -2.97. The van der Waals surface area contributed by atoms with Crippen molar-refractivity contribution in [2.24, 2.45) is 10.9 Å². The molecule has 0 bridgehead atoms. The summed E-state index contributed by atoms with van der Waals surface area (Å²) in [4.78, 5) is 7.32. The molecule has 1 aromatic heterocycles. The van der Waals surface area contributed by atoms with Gasteiger partial charge < -0.3 is 20.0 Å². The molecule has 158 valence electrons. The molecule has 8 heteroatoms. The van der Waals surface area contributed by atoms with Crippen molar-refractivity contribution in [3.63, 3.8) is 0 Å². The Bertz CT molecular complexity index is 1020. The Balaban J connectivity index is 1.99. The van der Waals surface area contributed by atoms with Crippen molar-refractivity contribution in [1.29, 1.82) is 0 Å². The molecule has 0 aliphatic heterocycles. The van der Waals surface area contributed by atoms with E-state index in [1.807, 2.05) is 29.1 Å². The summed E-state index contributed by atoms with van der Waals surface area (Å²) in [7, 11) is 3.31. The van der Waals surface area contributed by atoms with Crippen molar-refractivity contribution in [2.75, 3.05) is 14.2 Å². The van der Waals surface area contributed by atoms with E-state index >= 15 is 0 Å². The van der Waals surface area contributed by atoms with Crippen molar-refractivity contribution in [3.05, 3.63) is 59.4 Å². The van der Waals surface area contributed by atoms with Gasteiger partial charge in [-0.1, -0.05) is 29.9 Å². The van der Waals surface area contributed by atoms with Crippen LogP contribution in [0.15, 0.2) is 57.7 Å². The SMILES string of the molecule is C=NOc1cc(Cn2cc(CN)cn2)c(OC)cc1Sc1cc(CC)ccc1OC. The van der Waals surface area contributed by atoms with E-state index in [0.29, 0.717) is 18.8 Å². The van der Waals surface area contributed by atoms with Crippen LogP contribution in [0.25, 0.3) is 0 Å². The summed E-state index contributed by atoms with van der Waals surface area (Å²) < 4.78 is 13.0. The molecular formula is C22H26N4O3S. The molecule has 0 amide bonds. The van der Waals surface area contributed by atoms with Gasteiger partial charge >= 0.3 is 0 Å². The average Bonchev–Trinajstić information content (AvgIpc) is 3.23. The molecule has 0 radical (unpaired) electrons. The zero-order valence-electron chi connectivity index (χ0n) is 17.4. The zero-order valence-corrected chi connectivity index (χ0v) is 18.2. The number of nitrogens with two attached hydrogens (primary N) is 1. The summed E-state index contributed by atoms with van der Waals surface area (Å²) in [6, 6.07) is 10.00. The summed E-state index contributed by atoms with van der Waals surface area (Å²) in [6.45, 7) is 6.54. The Morgan fingerprint density at radius 2 is 1.83 bits per heavy atom. The molecule has 0 fully saturated rings. The highest BCUT2D eigenvalue weighted by Crippen LogP contribution is 2.43. The van der Waals surface area contributed by atoms with Crippen LogP contribution in [0.1, 0.15) is 23.6 Å². The lowest BCUT2D eigenvalue weighted by atomic mass is 10.2. The molecule has 3 rings (SSSR count). The fraction of sp³-hybridized carbons (Fsp3) is 0.273. The van der Waals surface area contributed by atoms with Crippen molar-refractivity contribution >= 4 is 18.5 Å². The fourth-order valence-electron chi connectivity index (χ4n) is 3.03. The number of hydrogen-bond acceptors (Lipinski definition) is 7. The molecule has 0 unspecified atom stereocenters. The van der Waals surface area contributed by atoms with Crippen LogP contribution in [-0.2, 0) is 19.5 Å². The predicted molar refractivity (Wildman–Crippen MR) is 119 cm³/mol. The number of ether oxygens (including phenoxy) is 2. The number of nitrogens with zero attached hydrogens (tertiary/aromatic N) is 3. The minimum Gasteiger partial charge on any atom is -0.496 e. The third kappa shape index (κ3) is 4.95. The summed E-state index contributed by atoms with van der Waals surface area (Å²) in [5.74, 6) is 2.11. The molecule has 3 aromatic rings. The summed E-state index contributed by atoms with van der Waals surface area (Å²) in [6.07, 6.45) is 4.61. The molecule has 0 saturated carbocycles. The first-order valence-electron chi connectivity index (χ1n) is 9.51. The third-order valence-electron chi connectivity index (χ3n) is 4.62. The van der Waals surface area contributed by atoms with Crippen LogP contribution in [-0.4, -0.2) is 30.7 Å². The molecule has 2 aromatic carbocycles. The first-order valence-corrected chi connectivity index (χ1v) is 10.3. The maximum Gasteiger partial charge on any atom is 0.172 e. The second-order valence-electron chi connectivity index (χ2n) is 6.52. The molecule has 0 aliphatic rings. The number of benzene rings is 2. The van der Waals surface area contributed by atoms with Crippen LogP contribution in [0.2, 0.25) is 0 Å². The standard InChI is InChI=1S/C22H26N4O3S/c1-5-15-6-7-18(27-3)21(8-15)30-22-10-19(28-4)17(9-20(22)29-24-2)14-26-13-16(11-23)12-25-26/h6-10,12-13H,2,5,11,14,23H2,1,3-4H3. The van der Waals surface area contributed by atoms with E-state index < -0.39 is 0 Å². The lowest BCUT2D eigenvalue weighted by Crippen LogP contribution is -2.03. The Kier molecular flexibility index (Phi) is 7.37. The lowest BCUT2D eigenvalue weighted by Gasteiger charge is -2.15. The average molecular weight is 427 g/mol. The molecular weight excluding hydrogens is 400 g/mol. The van der Waals surface area contributed by atoms with E-state index in [2.05, 4.69) is 36.0 Å². The molecule has 0 spiro atoms. The predicted octanol–water partition coefficient (Wildman–Crippen LogP) is 4.12. The van der Waals surface area contributed by atoms with Crippen molar-refractivity contribution in [1.82, 2.24) is 9.78 Å². The van der Waals surface area contributed by atoms with E-state index in [0.717, 1.165) is 38.8 Å². The fourth-order valence-corrected chi connectivity index (χ4v) is 4.09. The van der Waals surface area contributed by atoms with E-state index in [1.165, 1.54) is 17.3 Å². The van der Waals surface area contributed by atoms with Gasteiger partial charge in [0.1, 0.15) is 11.5 Å². The molecule has 0 saturated heterocycles. The summed E-state index contributed by atoms with van der Waals surface area (Å²) in [5, 5.41) is 7.98. The number of rotatable bonds is 10. The van der Waals surface area contributed by atoms with E-state index in [1.54, 1.807) is 20.4 Å². The van der Waals surface area contributed by atoms with Gasteiger partial charge in [0.15, 0.2) is 5.75 Å². The van der Waals surface area contributed by atoms with E-state index in [9.17, 15) is 0 Å². The first kappa shape index (κ1) is 21.7. The molecule has 0 atom stereocenters. The number of methoxy groups -OCH3 is 2. The molecule has 1 heterocycles. The normalized spacial score (nSPS) is 10.7. The lowest BCUT2D eigenvalue weighted by molar-refractivity contribution is 0.334. The smallest absolute Gasteiger partial charge is 0.172 e. The van der Waals surface area contributed by atoms with Crippen LogP contribution in [0.5, 0.6) is 17.2 Å². The van der Waals surface area contributed by atoms with E-state index in [4.69, 9.17) is 20.0 Å². The van der Waals surface area contributed by atoms with Crippen LogP contribution in [0.3, 0.4) is 0 Å². The molecule has 7 nitrogen and oxygen atoms in total. The third-order valence-corrected chi connectivity index (χ3v) is 5.70. The van der Waals surface area contributed by atoms with Crippen molar-refractivity contribution < 1.29 is 14.3 Å². The highest BCUT2D eigenvalue weighted by Gasteiger charge is 2.16. The topological polar surface area (TPSA) is 83.9 Å². The second kappa shape index (κ2) is 10.2. The monoisotopic (exact) mass is 426 g/mol. The largest absolute Gasteiger partial charge is 0.496 e. The van der Waals surface area contributed by atoms with Gasteiger partial charge in [-0.25, -0.2) is 0 Å². The van der Waals surface area contributed by atoms with Crippen LogP contribution < -0.4 is 20.0 Å². The Morgan fingerprint density at radius 3 is 2.47 bits per heavy atom. The maximum absolute atomic E-state index is 5.68. The molecule has 2 N–H and O–H groups in total. The van der Waals surface area contributed by atoms with Crippen LogP contribution in [0.4, 0.5) is 0 Å². The van der Waals surface area contributed by atoms with Gasteiger partial charge in [-0.3, -0.25) is 4.68 Å². The first-order chi connectivity index (χ1) is 14.6. The minimum absolute atomic E-state index is 0.445. The number of oxime groups is 1. The second-order valence-corrected chi connectivity index (χ2v) is 7.61. The van der Waals surface area contributed by atoms with Gasteiger partial charge in [0.25, 0.3) is 0 Å². The number of aromatic nitrogens is 2. The van der Waals surface area contributed by atoms with Crippen molar-refractivity contribution in [3.8, 4) is 17.2 Å². The highest BCUT2D eigenvalue weighted by molar-refractivity contribution is 7.99. The Morgan fingerprint density at radius 1 is 1.07 bits per heavy atom. The quantitative estimate of drug-likeness (QED) is 0.388. The summed E-state index contributed by atoms with van der Waals surface area (Å²) >= 11 is 1.53. The van der Waals surface area contributed by atoms with Gasteiger partial charge in [-0.05, 0) is 36.2 Å². The van der Waals surface area contributed by atoms with Crippen LogP contribution in [0, 0.1) is 0 Å². The highest BCUT2D eigenvalue weighted by atomic mass is 32.2. The minimum atomic E-state index is 0.445. The zero-order chi connectivity index (χ0) is 21.5. The summed E-state index contributed by atoms with van der Waals surface area (Å²) in [5.41, 5.74) is 8.78. The van der Waals surface area contributed by atoms with Gasteiger partial charge in [-0.15, -0.1) is 0 Å². The number of aryl methyl sites for hydroxylation is 1. The van der Waals surface area contributed by atoms with Gasteiger partial charge in [-0.2, -0.15) is 5.10 Å².